The number of nitrogens with zero attached hydrogens (tertiary/aromatic N) is 1. The summed E-state index contributed by atoms with van der Waals surface area (Å²) < 4.78 is 17.4. The maximum Gasteiger partial charge on any atom is 0.273 e. The third kappa shape index (κ3) is 2.43. The van der Waals surface area contributed by atoms with Crippen LogP contribution in [-0.2, 0) is 0 Å². The van der Waals surface area contributed by atoms with Crippen LogP contribution in [-0.4, -0.2) is 18.7 Å². The maximum absolute atomic E-state index is 12.5. The minimum Gasteiger partial charge on any atom is -0.497 e. The summed E-state index contributed by atoms with van der Waals surface area (Å²) in [6, 6.07) is 4.33. The van der Waals surface area contributed by atoms with Crippen LogP contribution in [0.5, 0.6) is 5.75 Å². The number of alkyl halides is 1. The van der Waals surface area contributed by atoms with Gasteiger partial charge in [0.05, 0.1) is 18.7 Å². The number of benzene rings is 1. The van der Waals surface area contributed by atoms with Crippen molar-refractivity contribution in [1.29, 1.82) is 0 Å². The standard InChI is InChI=1S/C10H12FNO3/c1-7(6-11)9-5-8(15-2)3-4-10(9)12(13)14/h3-5,7H,6H2,1-2H3. The van der Waals surface area contributed by atoms with Crippen molar-refractivity contribution in [2.24, 2.45) is 0 Å². The highest BCUT2D eigenvalue weighted by molar-refractivity contribution is 5.47. The second kappa shape index (κ2) is 4.72. The number of hydrogen-bond donors (Lipinski definition) is 0. The number of methoxy groups -OCH3 is 1. The average Bonchev–Trinajstić information content (AvgIpc) is 2.26. The van der Waals surface area contributed by atoms with Gasteiger partial charge in [0, 0.05) is 17.5 Å². The van der Waals surface area contributed by atoms with E-state index in [1.807, 2.05) is 0 Å². The molecule has 0 radical (unpaired) electrons. The zero-order chi connectivity index (χ0) is 11.4. The topological polar surface area (TPSA) is 52.4 Å². The Morgan fingerprint density at radius 2 is 2.27 bits per heavy atom. The van der Waals surface area contributed by atoms with Crippen molar-refractivity contribution in [3.05, 3.63) is 33.9 Å². The van der Waals surface area contributed by atoms with Gasteiger partial charge >= 0.3 is 0 Å². The smallest absolute Gasteiger partial charge is 0.273 e. The van der Waals surface area contributed by atoms with Crippen LogP contribution < -0.4 is 4.74 Å². The Morgan fingerprint density at radius 3 is 2.73 bits per heavy atom. The molecule has 1 rings (SSSR count). The van der Waals surface area contributed by atoms with Crippen molar-refractivity contribution in [2.75, 3.05) is 13.8 Å². The minimum atomic E-state index is -0.631. The summed E-state index contributed by atoms with van der Waals surface area (Å²) in [5.74, 6) is -0.00333. The van der Waals surface area contributed by atoms with Gasteiger partial charge in [-0.1, -0.05) is 6.92 Å². The Balaban J connectivity index is 3.22. The van der Waals surface area contributed by atoms with Crippen LogP contribution in [0.15, 0.2) is 18.2 Å². The molecule has 0 saturated heterocycles. The van der Waals surface area contributed by atoms with E-state index < -0.39 is 17.5 Å². The zero-order valence-corrected chi connectivity index (χ0v) is 8.57. The van der Waals surface area contributed by atoms with Crippen LogP contribution in [0, 0.1) is 10.1 Å². The summed E-state index contributed by atoms with van der Waals surface area (Å²) in [5, 5.41) is 10.7. The van der Waals surface area contributed by atoms with E-state index in [1.165, 1.54) is 25.3 Å². The van der Waals surface area contributed by atoms with E-state index in [4.69, 9.17) is 4.74 Å². The second-order valence-electron chi connectivity index (χ2n) is 3.24. The Hall–Kier alpha value is -1.65. The highest BCUT2D eigenvalue weighted by atomic mass is 19.1. The third-order valence-corrected chi connectivity index (χ3v) is 2.19. The summed E-state index contributed by atoms with van der Waals surface area (Å²) >= 11 is 0. The lowest BCUT2D eigenvalue weighted by Crippen LogP contribution is -2.02. The van der Waals surface area contributed by atoms with Crippen molar-refractivity contribution in [1.82, 2.24) is 0 Å². The van der Waals surface area contributed by atoms with E-state index in [1.54, 1.807) is 6.92 Å². The third-order valence-electron chi connectivity index (χ3n) is 2.19. The van der Waals surface area contributed by atoms with Crippen LogP contribution in [0.3, 0.4) is 0 Å². The van der Waals surface area contributed by atoms with Gasteiger partial charge in [-0.15, -0.1) is 0 Å². The number of ether oxygens (including phenoxy) is 1. The molecular weight excluding hydrogens is 201 g/mol. The highest BCUT2D eigenvalue weighted by Crippen LogP contribution is 2.30. The summed E-state index contributed by atoms with van der Waals surface area (Å²) in [6.07, 6.45) is 0. The molecule has 0 bridgehead atoms. The molecule has 0 aliphatic rings. The normalized spacial score (nSPS) is 12.2. The summed E-state index contributed by atoms with van der Waals surface area (Å²) in [4.78, 5) is 10.2. The van der Waals surface area contributed by atoms with Crippen molar-refractivity contribution in [3.8, 4) is 5.75 Å². The number of halogens is 1. The van der Waals surface area contributed by atoms with E-state index in [-0.39, 0.29) is 5.69 Å². The molecule has 0 N–H and O–H groups in total. The lowest BCUT2D eigenvalue weighted by molar-refractivity contribution is -0.385. The Bertz CT molecular complexity index is 368. The molecule has 1 aromatic carbocycles. The first kappa shape index (κ1) is 11.4. The molecule has 0 saturated carbocycles. The van der Waals surface area contributed by atoms with Gasteiger partial charge < -0.3 is 4.74 Å². The molecule has 82 valence electrons. The van der Waals surface area contributed by atoms with Gasteiger partial charge in [-0.25, -0.2) is 0 Å². The molecule has 0 heterocycles. The van der Waals surface area contributed by atoms with Gasteiger partial charge in [0.15, 0.2) is 0 Å². The number of nitro groups is 1. The fraction of sp³-hybridized carbons (Fsp3) is 0.400. The molecule has 0 aliphatic carbocycles. The van der Waals surface area contributed by atoms with Crippen molar-refractivity contribution < 1.29 is 14.1 Å². The molecule has 0 aromatic heterocycles. The Kier molecular flexibility index (Phi) is 3.60. The fourth-order valence-corrected chi connectivity index (χ4v) is 1.30. The second-order valence-corrected chi connectivity index (χ2v) is 3.24. The van der Waals surface area contributed by atoms with Gasteiger partial charge in [0.25, 0.3) is 5.69 Å². The van der Waals surface area contributed by atoms with Gasteiger partial charge in [-0.3, -0.25) is 14.5 Å². The van der Waals surface area contributed by atoms with Crippen molar-refractivity contribution in [3.63, 3.8) is 0 Å². The van der Waals surface area contributed by atoms with Crippen LogP contribution in [0.25, 0.3) is 0 Å². The van der Waals surface area contributed by atoms with Gasteiger partial charge in [-0.2, -0.15) is 0 Å². The first-order valence-electron chi connectivity index (χ1n) is 4.48. The molecular formula is C10H12FNO3. The molecule has 0 aliphatic heterocycles. The molecule has 5 heteroatoms. The van der Waals surface area contributed by atoms with E-state index in [2.05, 4.69) is 0 Å². The van der Waals surface area contributed by atoms with E-state index in [0.717, 1.165) is 0 Å². The lowest BCUT2D eigenvalue weighted by Gasteiger charge is -2.09. The largest absolute Gasteiger partial charge is 0.497 e. The molecule has 0 fully saturated rings. The summed E-state index contributed by atoms with van der Waals surface area (Å²) in [5.41, 5.74) is 0.294. The van der Waals surface area contributed by atoms with Crippen LogP contribution in [0.1, 0.15) is 18.4 Å². The highest BCUT2D eigenvalue weighted by Gasteiger charge is 2.19. The molecule has 4 nitrogen and oxygen atoms in total. The average molecular weight is 213 g/mol. The molecule has 15 heavy (non-hydrogen) atoms. The Morgan fingerprint density at radius 1 is 1.60 bits per heavy atom. The van der Waals surface area contributed by atoms with Crippen LogP contribution >= 0.6 is 0 Å². The number of rotatable bonds is 4. The van der Waals surface area contributed by atoms with Crippen LogP contribution in [0.4, 0.5) is 10.1 Å². The van der Waals surface area contributed by atoms with E-state index in [0.29, 0.717) is 11.3 Å². The molecule has 1 unspecified atom stereocenters. The first-order chi connectivity index (χ1) is 7.10. The minimum absolute atomic E-state index is 0.0686. The van der Waals surface area contributed by atoms with Gasteiger partial charge in [-0.05, 0) is 12.1 Å². The SMILES string of the molecule is COc1ccc([N+](=O)[O-])c(C(C)CF)c1. The first-order valence-corrected chi connectivity index (χ1v) is 4.48. The van der Waals surface area contributed by atoms with Crippen molar-refractivity contribution >= 4 is 5.69 Å². The molecule has 1 atom stereocenters. The molecule has 0 amide bonds. The van der Waals surface area contributed by atoms with Crippen LogP contribution in [0.2, 0.25) is 0 Å². The predicted molar refractivity (Wildman–Crippen MR) is 54.0 cm³/mol. The quantitative estimate of drug-likeness (QED) is 0.570. The van der Waals surface area contributed by atoms with Crippen molar-refractivity contribution in [2.45, 2.75) is 12.8 Å². The number of hydrogen-bond acceptors (Lipinski definition) is 3. The predicted octanol–water partition coefficient (Wildman–Crippen LogP) is 2.68. The van der Waals surface area contributed by atoms with Gasteiger partial charge in [0.2, 0.25) is 0 Å². The number of nitro benzene ring substituents is 1. The molecule has 1 aromatic rings. The monoisotopic (exact) mass is 213 g/mol. The zero-order valence-electron chi connectivity index (χ0n) is 8.57. The summed E-state index contributed by atoms with van der Waals surface area (Å²) in [6.45, 7) is 0.968. The maximum atomic E-state index is 12.5. The summed E-state index contributed by atoms with van der Waals surface area (Å²) in [7, 11) is 1.46. The van der Waals surface area contributed by atoms with Gasteiger partial charge in [0.1, 0.15) is 5.75 Å². The Labute approximate surface area is 86.8 Å². The fourth-order valence-electron chi connectivity index (χ4n) is 1.30. The van der Waals surface area contributed by atoms with E-state index in [9.17, 15) is 14.5 Å². The van der Waals surface area contributed by atoms with E-state index >= 15 is 0 Å². The molecule has 0 spiro atoms. The lowest BCUT2D eigenvalue weighted by atomic mass is 10.0.